The maximum atomic E-state index is 4.60. The van der Waals surface area contributed by atoms with Crippen molar-refractivity contribution < 1.29 is 0 Å². The highest BCUT2D eigenvalue weighted by atomic mass is 15.2. The van der Waals surface area contributed by atoms with Crippen LogP contribution in [0, 0.1) is 0 Å². The third kappa shape index (κ3) is 2.29. The van der Waals surface area contributed by atoms with Gasteiger partial charge in [0.15, 0.2) is 0 Å². The van der Waals surface area contributed by atoms with Crippen molar-refractivity contribution in [2.45, 2.75) is 13.8 Å². The van der Waals surface area contributed by atoms with E-state index < -0.39 is 0 Å². The number of hydrogen-bond donors (Lipinski definition) is 0. The molecule has 0 spiro atoms. The van der Waals surface area contributed by atoms with E-state index >= 15 is 0 Å². The molecule has 0 N–H and O–H groups in total. The van der Waals surface area contributed by atoms with Crippen molar-refractivity contribution in [2.75, 3.05) is 31.1 Å². The van der Waals surface area contributed by atoms with Gasteiger partial charge in [0.2, 0.25) is 0 Å². The fourth-order valence-corrected chi connectivity index (χ4v) is 2.81. The lowest BCUT2D eigenvalue weighted by atomic mass is 10.1. The van der Waals surface area contributed by atoms with Crippen LogP contribution in [0.1, 0.15) is 13.8 Å². The Morgan fingerprint density at radius 2 is 1.80 bits per heavy atom. The van der Waals surface area contributed by atoms with E-state index in [1.807, 2.05) is 6.34 Å². The molecule has 0 saturated heterocycles. The minimum absolute atomic E-state index is 0.985. The van der Waals surface area contributed by atoms with Gasteiger partial charge in [-0.2, -0.15) is 0 Å². The minimum atomic E-state index is 0.985. The number of anilines is 1. The third-order valence-electron chi connectivity index (χ3n) is 4.06. The van der Waals surface area contributed by atoms with E-state index in [-0.39, 0.29) is 0 Å². The highest BCUT2D eigenvalue weighted by Crippen LogP contribution is 2.36. The lowest BCUT2D eigenvalue weighted by molar-refractivity contribution is 0.313. The van der Waals surface area contributed by atoms with Gasteiger partial charge in [-0.25, -0.2) is 4.99 Å². The van der Waals surface area contributed by atoms with Gasteiger partial charge < -0.3 is 9.80 Å². The summed E-state index contributed by atoms with van der Waals surface area (Å²) in [5.41, 5.74) is 2.36. The normalized spacial score (nSPS) is 13.4. The molecule has 0 fully saturated rings. The van der Waals surface area contributed by atoms with Crippen molar-refractivity contribution in [3.63, 3.8) is 0 Å². The summed E-state index contributed by atoms with van der Waals surface area (Å²) in [5.74, 6) is 0. The van der Waals surface area contributed by atoms with Crippen LogP contribution in [-0.2, 0) is 0 Å². The molecule has 1 aliphatic rings. The van der Waals surface area contributed by atoms with E-state index in [9.17, 15) is 0 Å². The summed E-state index contributed by atoms with van der Waals surface area (Å²) < 4.78 is 0. The molecule has 0 radical (unpaired) electrons. The Labute approximate surface area is 120 Å². The second kappa shape index (κ2) is 5.63. The predicted octanol–water partition coefficient (Wildman–Crippen LogP) is 3.66. The lowest BCUT2D eigenvalue weighted by Gasteiger charge is -2.28. The Hall–Kier alpha value is -1.87. The number of rotatable bonds is 5. The molecule has 0 amide bonds. The van der Waals surface area contributed by atoms with Gasteiger partial charge in [0.1, 0.15) is 0 Å². The molecule has 1 aliphatic heterocycles. The molecule has 0 aliphatic carbocycles. The minimum Gasteiger partial charge on any atom is -0.330 e. The van der Waals surface area contributed by atoms with Crippen LogP contribution >= 0.6 is 0 Å². The van der Waals surface area contributed by atoms with E-state index in [2.05, 4.69) is 65.0 Å². The van der Waals surface area contributed by atoms with E-state index in [1.54, 1.807) is 0 Å². The van der Waals surface area contributed by atoms with Crippen LogP contribution in [0.2, 0.25) is 0 Å². The average molecular weight is 267 g/mol. The molecule has 104 valence electrons. The highest BCUT2D eigenvalue weighted by Gasteiger charge is 2.15. The van der Waals surface area contributed by atoms with Crippen LogP contribution in [0.4, 0.5) is 11.4 Å². The van der Waals surface area contributed by atoms with Gasteiger partial charge in [0.05, 0.1) is 17.7 Å². The van der Waals surface area contributed by atoms with Gasteiger partial charge in [-0.05, 0) is 30.6 Å². The molecule has 2 aromatic carbocycles. The van der Waals surface area contributed by atoms with Crippen molar-refractivity contribution in [2.24, 2.45) is 4.99 Å². The first-order valence-corrected chi connectivity index (χ1v) is 7.38. The first kappa shape index (κ1) is 13.1. The molecule has 2 aromatic rings. The molecule has 3 nitrogen and oxygen atoms in total. The molecule has 0 unspecified atom stereocenters. The molecular weight excluding hydrogens is 246 g/mol. The Bertz CT molecular complexity index is 624. The molecule has 1 heterocycles. The van der Waals surface area contributed by atoms with Gasteiger partial charge in [-0.1, -0.05) is 38.1 Å². The lowest BCUT2D eigenvalue weighted by Crippen LogP contribution is -2.35. The van der Waals surface area contributed by atoms with Gasteiger partial charge in [0, 0.05) is 18.5 Å². The van der Waals surface area contributed by atoms with Crippen molar-refractivity contribution in [1.29, 1.82) is 0 Å². The van der Waals surface area contributed by atoms with E-state index in [0.29, 0.717) is 0 Å². The van der Waals surface area contributed by atoms with Crippen molar-refractivity contribution in [1.82, 2.24) is 4.90 Å². The number of aliphatic imine (C=N–C) groups is 1. The van der Waals surface area contributed by atoms with Crippen molar-refractivity contribution >= 4 is 28.5 Å². The van der Waals surface area contributed by atoms with E-state index in [1.165, 1.54) is 16.5 Å². The smallest absolute Gasteiger partial charge is 0.0957 e. The monoisotopic (exact) mass is 267 g/mol. The third-order valence-corrected chi connectivity index (χ3v) is 4.06. The van der Waals surface area contributed by atoms with Gasteiger partial charge in [0.25, 0.3) is 0 Å². The van der Waals surface area contributed by atoms with Crippen LogP contribution in [-0.4, -0.2) is 37.4 Å². The molecule has 3 rings (SSSR count). The second-order valence-corrected chi connectivity index (χ2v) is 5.12. The number of likely N-dealkylation sites (N-methyl/N-ethyl adjacent to an activating group) is 1. The van der Waals surface area contributed by atoms with Crippen molar-refractivity contribution in [3.8, 4) is 0 Å². The molecule has 0 atom stereocenters. The van der Waals surface area contributed by atoms with Gasteiger partial charge in [-0.15, -0.1) is 0 Å². The SMILES string of the molecule is CCN(CC)CCN1C=Nc2cccc3cccc1c23. The standard InChI is InChI=1S/C17H21N3/c1-3-19(4-2)11-12-20-13-18-15-9-5-7-14-8-6-10-16(20)17(14)15/h5-10,13H,3-4,11-12H2,1-2H3. The Balaban J connectivity index is 1.90. The fraction of sp³-hybridized carbons (Fsp3) is 0.353. The summed E-state index contributed by atoms with van der Waals surface area (Å²) in [6.07, 6.45) is 1.97. The summed E-state index contributed by atoms with van der Waals surface area (Å²) in [6.45, 7) is 8.67. The molecular formula is C17H21N3. The predicted molar refractivity (Wildman–Crippen MR) is 87.2 cm³/mol. The average Bonchev–Trinajstić information content (AvgIpc) is 2.50. The molecule has 3 heteroatoms. The van der Waals surface area contributed by atoms with Crippen LogP contribution in [0.5, 0.6) is 0 Å². The molecule has 20 heavy (non-hydrogen) atoms. The maximum Gasteiger partial charge on any atom is 0.0957 e. The number of nitrogens with zero attached hydrogens (tertiary/aromatic N) is 3. The molecule has 0 bridgehead atoms. The summed E-state index contributed by atoms with van der Waals surface area (Å²) in [5, 5.41) is 2.54. The largest absolute Gasteiger partial charge is 0.330 e. The Morgan fingerprint density at radius 3 is 2.55 bits per heavy atom. The van der Waals surface area contributed by atoms with E-state index in [0.717, 1.165) is 31.9 Å². The number of benzene rings is 2. The fourth-order valence-electron chi connectivity index (χ4n) is 2.81. The van der Waals surface area contributed by atoms with Gasteiger partial charge in [-0.3, -0.25) is 0 Å². The first-order chi connectivity index (χ1) is 9.83. The van der Waals surface area contributed by atoms with Crippen LogP contribution in [0.25, 0.3) is 10.8 Å². The number of hydrogen-bond acceptors (Lipinski definition) is 3. The van der Waals surface area contributed by atoms with E-state index in [4.69, 9.17) is 0 Å². The van der Waals surface area contributed by atoms with Gasteiger partial charge >= 0.3 is 0 Å². The van der Waals surface area contributed by atoms with Crippen LogP contribution in [0.3, 0.4) is 0 Å². The summed E-state index contributed by atoms with van der Waals surface area (Å²) >= 11 is 0. The first-order valence-electron chi connectivity index (χ1n) is 7.38. The van der Waals surface area contributed by atoms with Crippen LogP contribution < -0.4 is 4.90 Å². The summed E-state index contributed by atoms with van der Waals surface area (Å²) in [6, 6.07) is 12.8. The zero-order valence-corrected chi connectivity index (χ0v) is 12.2. The quantitative estimate of drug-likeness (QED) is 0.823. The topological polar surface area (TPSA) is 18.8 Å². The zero-order valence-electron chi connectivity index (χ0n) is 12.2. The highest BCUT2D eigenvalue weighted by molar-refractivity contribution is 6.09. The molecule has 0 saturated carbocycles. The van der Waals surface area contributed by atoms with Crippen molar-refractivity contribution in [3.05, 3.63) is 36.4 Å². The second-order valence-electron chi connectivity index (χ2n) is 5.12. The molecule has 0 aromatic heterocycles. The summed E-state index contributed by atoms with van der Waals surface area (Å²) in [7, 11) is 0. The zero-order chi connectivity index (χ0) is 13.9. The Morgan fingerprint density at radius 1 is 1.05 bits per heavy atom. The maximum absolute atomic E-state index is 4.60. The van der Waals surface area contributed by atoms with Crippen LogP contribution in [0.15, 0.2) is 41.4 Å². The Kier molecular flexibility index (Phi) is 3.70. The summed E-state index contributed by atoms with van der Waals surface area (Å²) in [4.78, 5) is 9.32.